The summed E-state index contributed by atoms with van der Waals surface area (Å²) in [6.07, 6.45) is 14.8. The van der Waals surface area contributed by atoms with Gasteiger partial charge in [0.05, 0.1) is 11.4 Å². The number of benzene rings is 2. The number of pyridine rings is 1. The molecule has 5 heterocycles. The predicted molar refractivity (Wildman–Crippen MR) is 153 cm³/mol. The van der Waals surface area contributed by atoms with E-state index >= 15 is 0 Å². The van der Waals surface area contributed by atoms with Gasteiger partial charge in [-0.2, -0.15) is 0 Å². The molecule has 0 amide bonds. The van der Waals surface area contributed by atoms with Gasteiger partial charge >= 0.3 is 0 Å². The molecule has 8 nitrogen and oxygen atoms in total. The Bertz CT molecular complexity index is 1820. The van der Waals surface area contributed by atoms with Crippen LogP contribution in [-0.2, 0) is 6.54 Å². The largest absolute Gasteiger partial charge is 0.363 e. The lowest BCUT2D eigenvalue weighted by atomic mass is 10.2. The van der Waals surface area contributed by atoms with Crippen molar-refractivity contribution in [3.63, 3.8) is 0 Å². The number of aromatic nitrogens is 7. The second kappa shape index (κ2) is 11.1. The van der Waals surface area contributed by atoms with Crippen molar-refractivity contribution in [3.05, 3.63) is 133 Å². The van der Waals surface area contributed by atoms with Crippen molar-refractivity contribution >= 4 is 28.7 Å². The third-order valence-corrected chi connectivity index (χ3v) is 6.28. The van der Waals surface area contributed by atoms with E-state index in [1.165, 1.54) is 0 Å². The molecule has 0 bridgehead atoms. The number of hydrogen-bond acceptors (Lipinski definition) is 6. The summed E-state index contributed by atoms with van der Waals surface area (Å²) < 4.78 is 3.86. The highest BCUT2D eigenvalue weighted by molar-refractivity contribution is 6.32. The van der Waals surface area contributed by atoms with Crippen LogP contribution in [0.5, 0.6) is 0 Å². The molecule has 2 aromatic carbocycles. The van der Waals surface area contributed by atoms with Crippen molar-refractivity contribution < 1.29 is 0 Å². The maximum Gasteiger partial charge on any atom is 0.180 e. The van der Waals surface area contributed by atoms with Gasteiger partial charge in [0.2, 0.25) is 0 Å². The highest BCUT2D eigenvalue weighted by Crippen LogP contribution is 2.23. The number of imidazole rings is 2. The number of nitrogens with zero attached hydrogens (tertiary/aromatic N) is 7. The van der Waals surface area contributed by atoms with Gasteiger partial charge in [-0.3, -0.25) is 4.98 Å². The van der Waals surface area contributed by atoms with Crippen LogP contribution in [0.2, 0.25) is 5.15 Å². The quantitative estimate of drug-likeness (QED) is 0.275. The molecule has 0 spiro atoms. The highest BCUT2D eigenvalue weighted by Gasteiger charge is 2.09. The Kier molecular flexibility index (Phi) is 6.92. The van der Waals surface area contributed by atoms with Crippen molar-refractivity contribution in [2.75, 3.05) is 5.32 Å². The fraction of sp³-hybridized carbons (Fsp3) is 0.0333. The number of anilines is 1. The molecule has 190 valence electrons. The van der Waals surface area contributed by atoms with Crippen LogP contribution in [0.3, 0.4) is 0 Å². The van der Waals surface area contributed by atoms with E-state index in [1.54, 1.807) is 18.6 Å². The molecule has 0 aliphatic carbocycles. The van der Waals surface area contributed by atoms with Gasteiger partial charge in [0, 0.05) is 67.2 Å². The van der Waals surface area contributed by atoms with E-state index in [0.717, 1.165) is 39.5 Å². The number of halogens is 1. The van der Waals surface area contributed by atoms with Gasteiger partial charge in [-0.1, -0.05) is 78.3 Å². The Labute approximate surface area is 229 Å². The van der Waals surface area contributed by atoms with Crippen LogP contribution < -0.4 is 5.32 Å². The minimum atomic E-state index is 0.423. The van der Waals surface area contributed by atoms with Gasteiger partial charge in [0.15, 0.2) is 22.3 Å². The van der Waals surface area contributed by atoms with Crippen LogP contribution in [0.4, 0.5) is 5.82 Å². The minimum Gasteiger partial charge on any atom is -0.363 e. The third-order valence-electron chi connectivity index (χ3n) is 6.03. The molecule has 7 aromatic rings. The number of nitrogens with one attached hydrogen (secondary N) is 1. The molecular weight excluding hydrogens is 508 g/mol. The highest BCUT2D eigenvalue weighted by atomic mass is 35.5. The lowest BCUT2D eigenvalue weighted by molar-refractivity contribution is 1.06. The van der Waals surface area contributed by atoms with Crippen LogP contribution in [0.1, 0.15) is 5.56 Å². The Morgan fingerprint density at radius 3 is 1.92 bits per heavy atom. The second-order valence-electron chi connectivity index (χ2n) is 8.65. The van der Waals surface area contributed by atoms with Crippen molar-refractivity contribution in [1.82, 2.24) is 33.7 Å². The molecule has 0 atom stereocenters. The summed E-state index contributed by atoms with van der Waals surface area (Å²) >= 11 is 6.06. The summed E-state index contributed by atoms with van der Waals surface area (Å²) in [5.41, 5.74) is 6.47. The lowest BCUT2D eigenvalue weighted by Crippen LogP contribution is -2.05. The van der Waals surface area contributed by atoms with Crippen LogP contribution in [0, 0.1) is 0 Å². The Morgan fingerprint density at radius 1 is 0.667 bits per heavy atom. The molecule has 7 rings (SSSR count). The molecule has 1 N–H and O–H groups in total. The van der Waals surface area contributed by atoms with Crippen LogP contribution in [-0.4, -0.2) is 33.7 Å². The summed E-state index contributed by atoms with van der Waals surface area (Å²) in [4.78, 5) is 21.7. The summed E-state index contributed by atoms with van der Waals surface area (Å²) in [6, 6.07) is 24.0. The molecule has 0 unspecified atom stereocenters. The molecule has 0 fully saturated rings. The first kappa shape index (κ1) is 24.3. The maximum absolute atomic E-state index is 6.06. The summed E-state index contributed by atoms with van der Waals surface area (Å²) in [6.45, 7) is 0.654. The number of hydrogen-bond donors (Lipinski definition) is 1. The molecule has 9 heteroatoms. The topological polar surface area (TPSA) is 85.3 Å². The Hall–Kier alpha value is -5.08. The van der Waals surface area contributed by atoms with Crippen LogP contribution in [0.15, 0.2) is 122 Å². The third kappa shape index (κ3) is 5.46. The van der Waals surface area contributed by atoms with E-state index in [4.69, 9.17) is 16.6 Å². The van der Waals surface area contributed by atoms with Crippen molar-refractivity contribution in [1.29, 1.82) is 0 Å². The van der Waals surface area contributed by atoms with Gasteiger partial charge in [0.25, 0.3) is 0 Å². The molecule has 0 radical (unpaired) electrons. The Morgan fingerprint density at radius 2 is 1.28 bits per heavy atom. The fourth-order valence-electron chi connectivity index (χ4n) is 4.13. The Balaban J connectivity index is 0.000000151. The van der Waals surface area contributed by atoms with Crippen molar-refractivity contribution in [3.8, 4) is 22.5 Å². The number of rotatable bonds is 5. The average molecular weight is 531 g/mol. The van der Waals surface area contributed by atoms with Crippen molar-refractivity contribution in [2.45, 2.75) is 6.54 Å². The SMILES string of the molecule is Clc1nc(-c2ccccc2)cn2ccnc12.c1ccc(-c2cn3ccnc3c(NCc3cccnc3)n2)cc1. The smallest absolute Gasteiger partial charge is 0.180 e. The molecule has 5 aromatic heterocycles. The van der Waals surface area contributed by atoms with Crippen LogP contribution >= 0.6 is 11.6 Å². The van der Waals surface area contributed by atoms with E-state index in [2.05, 4.69) is 37.4 Å². The van der Waals surface area contributed by atoms with Gasteiger partial charge in [0.1, 0.15) is 0 Å². The van der Waals surface area contributed by atoms with Crippen molar-refractivity contribution in [2.24, 2.45) is 0 Å². The lowest BCUT2D eigenvalue weighted by Gasteiger charge is -2.10. The van der Waals surface area contributed by atoms with Gasteiger partial charge in [-0.05, 0) is 11.6 Å². The van der Waals surface area contributed by atoms with Crippen LogP contribution in [0.25, 0.3) is 33.8 Å². The summed E-state index contributed by atoms with van der Waals surface area (Å²) in [5, 5.41) is 3.79. The summed E-state index contributed by atoms with van der Waals surface area (Å²) in [5.74, 6) is 0.764. The molecular formula is C30H23ClN8. The fourth-order valence-corrected chi connectivity index (χ4v) is 4.37. The maximum atomic E-state index is 6.06. The zero-order valence-electron chi connectivity index (χ0n) is 20.8. The van der Waals surface area contributed by atoms with Gasteiger partial charge in [-0.25, -0.2) is 19.9 Å². The normalized spacial score (nSPS) is 10.8. The minimum absolute atomic E-state index is 0.423. The van der Waals surface area contributed by atoms with E-state index < -0.39 is 0 Å². The molecule has 0 saturated carbocycles. The summed E-state index contributed by atoms with van der Waals surface area (Å²) in [7, 11) is 0. The van der Waals surface area contributed by atoms with Gasteiger partial charge < -0.3 is 14.1 Å². The number of fused-ring (bicyclic) bond motifs is 2. The standard InChI is InChI=1S/C18H15N5.C12H8ClN3/c1-2-6-15(7-3-1)16-13-23-10-9-20-18(23)17(22-16)21-12-14-5-4-8-19-11-14;13-11-12-14-6-7-16(12)8-10(15-11)9-4-2-1-3-5-9/h1-11,13H,12H2,(H,21,22);1-8H. The second-order valence-corrected chi connectivity index (χ2v) is 9.01. The monoisotopic (exact) mass is 530 g/mol. The zero-order valence-corrected chi connectivity index (χ0v) is 21.5. The first-order valence-corrected chi connectivity index (χ1v) is 12.7. The van der Waals surface area contributed by atoms with E-state index in [9.17, 15) is 0 Å². The zero-order chi connectivity index (χ0) is 26.4. The van der Waals surface area contributed by atoms with E-state index in [1.807, 2.05) is 100 Å². The molecule has 0 aliphatic rings. The van der Waals surface area contributed by atoms with E-state index in [0.29, 0.717) is 17.3 Å². The van der Waals surface area contributed by atoms with E-state index in [-0.39, 0.29) is 0 Å². The first-order valence-electron chi connectivity index (χ1n) is 12.3. The predicted octanol–water partition coefficient (Wildman–Crippen LogP) is 6.45. The molecule has 0 aliphatic heterocycles. The molecule has 39 heavy (non-hydrogen) atoms. The average Bonchev–Trinajstić information content (AvgIpc) is 3.68. The first-order chi connectivity index (χ1) is 19.2. The van der Waals surface area contributed by atoms with Gasteiger partial charge in [-0.15, -0.1) is 0 Å². The molecule has 0 saturated heterocycles.